The Morgan fingerprint density at radius 1 is 1.11 bits per heavy atom. The molecule has 0 saturated heterocycles. The maximum atomic E-state index is 4.86. The molecule has 3 heteroatoms. The zero-order valence-electron chi connectivity index (χ0n) is 11.1. The minimum absolute atomic E-state index is 0.699. The third-order valence-corrected chi connectivity index (χ3v) is 5.56. The molecule has 1 nitrogen and oxygen atoms in total. The third-order valence-electron chi connectivity index (χ3n) is 4.03. The van der Waals surface area contributed by atoms with Gasteiger partial charge in [0.1, 0.15) is 0 Å². The second kappa shape index (κ2) is 5.76. The quantitative estimate of drug-likeness (QED) is 0.669. The fraction of sp³-hybridized carbons (Fsp3) is 0.438. The highest BCUT2D eigenvalue weighted by atomic mass is 79.9. The van der Waals surface area contributed by atoms with Crippen molar-refractivity contribution >= 4 is 27.3 Å². The number of hydrogen-bond donors (Lipinski definition) is 0. The van der Waals surface area contributed by atoms with E-state index < -0.39 is 0 Å². The Morgan fingerprint density at radius 3 is 2.47 bits per heavy atom. The SMILES string of the molecule is CC1CCC(c2nc(-c3ccc(Br)cc3)cs2)CC1. The number of benzene rings is 1. The molecule has 0 amide bonds. The smallest absolute Gasteiger partial charge is 0.0963 e. The Labute approximate surface area is 127 Å². The number of aromatic nitrogens is 1. The molecular formula is C16H18BrNS. The molecule has 0 N–H and O–H groups in total. The van der Waals surface area contributed by atoms with Crippen LogP contribution in [-0.4, -0.2) is 4.98 Å². The van der Waals surface area contributed by atoms with Crippen LogP contribution in [0.5, 0.6) is 0 Å². The van der Waals surface area contributed by atoms with Crippen LogP contribution in [0.1, 0.15) is 43.5 Å². The average Bonchev–Trinajstić information content (AvgIpc) is 2.90. The molecule has 19 heavy (non-hydrogen) atoms. The van der Waals surface area contributed by atoms with Gasteiger partial charge in [0.05, 0.1) is 10.7 Å². The molecule has 2 aromatic rings. The molecular weight excluding hydrogens is 318 g/mol. The first kappa shape index (κ1) is 13.3. The van der Waals surface area contributed by atoms with E-state index in [9.17, 15) is 0 Å². The highest BCUT2D eigenvalue weighted by Gasteiger charge is 2.22. The predicted octanol–water partition coefficient (Wildman–Crippen LogP) is 5.87. The summed E-state index contributed by atoms with van der Waals surface area (Å²) in [5.74, 6) is 1.60. The summed E-state index contributed by atoms with van der Waals surface area (Å²) in [5.41, 5.74) is 2.35. The van der Waals surface area contributed by atoms with Crippen molar-refractivity contribution in [3.63, 3.8) is 0 Å². The summed E-state index contributed by atoms with van der Waals surface area (Å²) in [7, 11) is 0. The van der Waals surface area contributed by atoms with Crippen LogP contribution in [0.4, 0.5) is 0 Å². The Balaban J connectivity index is 1.77. The van der Waals surface area contributed by atoms with Gasteiger partial charge < -0.3 is 0 Å². The highest BCUT2D eigenvalue weighted by molar-refractivity contribution is 9.10. The highest BCUT2D eigenvalue weighted by Crippen LogP contribution is 2.38. The number of rotatable bonds is 2. The Hall–Kier alpha value is -0.670. The van der Waals surface area contributed by atoms with Crippen LogP contribution in [0.15, 0.2) is 34.1 Å². The molecule has 1 aliphatic rings. The molecule has 100 valence electrons. The van der Waals surface area contributed by atoms with Gasteiger partial charge in [-0.15, -0.1) is 11.3 Å². The minimum Gasteiger partial charge on any atom is -0.241 e. The molecule has 0 aliphatic heterocycles. The van der Waals surface area contributed by atoms with E-state index >= 15 is 0 Å². The van der Waals surface area contributed by atoms with E-state index in [1.54, 1.807) is 0 Å². The molecule has 0 radical (unpaired) electrons. The fourth-order valence-electron chi connectivity index (χ4n) is 2.74. The number of thiazole rings is 1. The van der Waals surface area contributed by atoms with Gasteiger partial charge in [-0.2, -0.15) is 0 Å². The van der Waals surface area contributed by atoms with Gasteiger partial charge in [-0.3, -0.25) is 0 Å². The van der Waals surface area contributed by atoms with Crippen LogP contribution in [0, 0.1) is 5.92 Å². The lowest BCUT2D eigenvalue weighted by molar-refractivity contribution is 0.347. The first-order valence-corrected chi connectivity index (χ1v) is 8.61. The summed E-state index contributed by atoms with van der Waals surface area (Å²) in [4.78, 5) is 4.86. The summed E-state index contributed by atoms with van der Waals surface area (Å²) in [6.07, 6.45) is 5.35. The van der Waals surface area contributed by atoms with Crippen molar-refractivity contribution in [1.82, 2.24) is 4.98 Å². The molecule has 3 rings (SSSR count). The van der Waals surface area contributed by atoms with Gasteiger partial charge in [0.15, 0.2) is 0 Å². The van der Waals surface area contributed by atoms with E-state index in [1.165, 1.54) is 36.3 Å². The Morgan fingerprint density at radius 2 is 1.79 bits per heavy atom. The van der Waals surface area contributed by atoms with E-state index in [0.29, 0.717) is 5.92 Å². The van der Waals surface area contributed by atoms with E-state index in [-0.39, 0.29) is 0 Å². The van der Waals surface area contributed by atoms with Crippen LogP contribution in [0.2, 0.25) is 0 Å². The number of hydrogen-bond acceptors (Lipinski definition) is 2. The van der Waals surface area contributed by atoms with Crippen molar-refractivity contribution in [1.29, 1.82) is 0 Å². The number of halogens is 1. The zero-order valence-corrected chi connectivity index (χ0v) is 13.5. The lowest BCUT2D eigenvalue weighted by Crippen LogP contribution is -2.10. The molecule has 1 fully saturated rings. The van der Waals surface area contributed by atoms with E-state index in [4.69, 9.17) is 4.98 Å². The molecule has 0 atom stereocenters. The maximum Gasteiger partial charge on any atom is 0.0963 e. The van der Waals surface area contributed by atoms with Gasteiger partial charge in [0, 0.05) is 21.3 Å². The number of nitrogens with zero attached hydrogens (tertiary/aromatic N) is 1. The Kier molecular flexibility index (Phi) is 4.04. The maximum absolute atomic E-state index is 4.86. The van der Waals surface area contributed by atoms with Crippen LogP contribution >= 0.6 is 27.3 Å². The lowest BCUT2D eigenvalue weighted by Gasteiger charge is -2.24. The second-order valence-electron chi connectivity index (χ2n) is 5.53. The van der Waals surface area contributed by atoms with Crippen LogP contribution in [0.3, 0.4) is 0 Å². The summed E-state index contributed by atoms with van der Waals surface area (Å²) < 4.78 is 1.12. The second-order valence-corrected chi connectivity index (χ2v) is 7.34. The molecule has 1 saturated carbocycles. The van der Waals surface area contributed by atoms with Crippen molar-refractivity contribution in [3.8, 4) is 11.3 Å². The molecule has 1 aromatic heterocycles. The largest absolute Gasteiger partial charge is 0.241 e. The fourth-order valence-corrected chi connectivity index (χ4v) is 4.00. The van der Waals surface area contributed by atoms with Crippen molar-refractivity contribution in [3.05, 3.63) is 39.1 Å². The van der Waals surface area contributed by atoms with Crippen LogP contribution in [0.25, 0.3) is 11.3 Å². The standard InChI is InChI=1S/C16H18BrNS/c1-11-2-4-13(5-3-11)16-18-15(10-19-16)12-6-8-14(17)9-7-12/h6-11,13H,2-5H2,1H3. The topological polar surface area (TPSA) is 12.9 Å². The summed E-state index contributed by atoms with van der Waals surface area (Å²) in [6, 6.07) is 8.42. The van der Waals surface area contributed by atoms with Crippen LogP contribution < -0.4 is 0 Å². The van der Waals surface area contributed by atoms with Gasteiger partial charge in [-0.1, -0.05) is 47.8 Å². The first-order valence-electron chi connectivity index (χ1n) is 6.94. The van der Waals surface area contributed by atoms with Crippen molar-refractivity contribution in [2.24, 2.45) is 5.92 Å². The van der Waals surface area contributed by atoms with E-state index in [1.807, 2.05) is 11.3 Å². The van der Waals surface area contributed by atoms with Gasteiger partial charge in [0.2, 0.25) is 0 Å². The minimum atomic E-state index is 0.699. The summed E-state index contributed by atoms with van der Waals surface area (Å²) in [5, 5.41) is 3.54. The first-order chi connectivity index (χ1) is 9.22. The predicted molar refractivity (Wildman–Crippen MR) is 85.6 cm³/mol. The third kappa shape index (κ3) is 3.09. The molecule has 0 bridgehead atoms. The van der Waals surface area contributed by atoms with Crippen molar-refractivity contribution in [2.45, 2.75) is 38.5 Å². The molecule has 1 heterocycles. The van der Waals surface area contributed by atoms with Crippen LogP contribution in [-0.2, 0) is 0 Å². The van der Waals surface area contributed by atoms with E-state index in [0.717, 1.165) is 16.1 Å². The van der Waals surface area contributed by atoms with Gasteiger partial charge in [-0.25, -0.2) is 4.98 Å². The van der Waals surface area contributed by atoms with Crippen molar-refractivity contribution in [2.75, 3.05) is 0 Å². The van der Waals surface area contributed by atoms with E-state index in [2.05, 4.69) is 52.5 Å². The van der Waals surface area contributed by atoms with Gasteiger partial charge in [0.25, 0.3) is 0 Å². The zero-order chi connectivity index (χ0) is 13.2. The summed E-state index contributed by atoms with van der Waals surface area (Å²) in [6.45, 7) is 2.37. The normalized spacial score (nSPS) is 23.5. The van der Waals surface area contributed by atoms with Gasteiger partial charge in [-0.05, 0) is 30.9 Å². The van der Waals surface area contributed by atoms with Gasteiger partial charge >= 0.3 is 0 Å². The molecule has 0 unspecified atom stereocenters. The lowest BCUT2D eigenvalue weighted by atomic mass is 9.83. The molecule has 0 spiro atoms. The summed E-state index contributed by atoms with van der Waals surface area (Å²) >= 11 is 5.31. The molecule has 1 aliphatic carbocycles. The monoisotopic (exact) mass is 335 g/mol. The Bertz CT molecular complexity index is 538. The molecule has 1 aromatic carbocycles. The van der Waals surface area contributed by atoms with Crippen molar-refractivity contribution < 1.29 is 0 Å². The average molecular weight is 336 g/mol.